The van der Waals surface area contributed by atoms with Gasteiger partial charge >= 0.3 is 0 Å². The quantitative estimate of drug-likeness (QED) is 0.691. The molecule has 86 valence electrons. The molecule has 0 bridgehead atoms. The molecule has 2 N–H and O–H groups in total. The highest BCUT2D eigenvalue weighted by molar-refractivity contribution is 5.11. The normalized spacial score (nSPS) is 8.29. The molecule has 0 heterocycles. The van der Waals surface area contributed by atoms with Crippen molar-refractivity contribution >= 4 is 13.6 Å². The third-order valence-electron chi connectivity index (χ3n) is 1.52. The Morgan fingerprint density at radius 3 is 1.50 bits per heavy atom. The molecule has 0 aromatic carbocycles. The lowest BCUT2D eigenvalue weighted by Crippen LogP contribution is -2.30. The second kappa shape index (κ2) is 22.8. The van der Waals surface area contributed by atoms with Gasteiger partial charge in [-0.25, -0.2) is 0 Å². The highest BCUT2D eigenvalue weighted by atomic mass is 16.1. The van der Waals surface area contributed by atoms with Crippen LogP contribution < -0.4 is 5.73 Å². The second-order valence-electron chi connectivity index (χ2n) is 2.63. The highest BCUT2D eigenvalue weighted by Crippen LogP contribution is 1.91. The molecule has 0 aliphatic carbocycles. The molecule has 0 saturated heterocycles. The van der Waals surface area contributed by atoms with Gasteiger partial charge in [0.25, 0.3) is 0 Å². The Hall–Kier alpha value is -0.740. The number of hydrogen-bond donors (Lipinski definition) is 1. The van der Waals surface area contributed by atoms with Crippen LogP contribution in [0.1, 0.15) is 26.7 Å². The fraction of sp³-hybridized carbons (Fsp3) is 0.800. The minimum Gasteiger partial charge on any atom is -0.329 e. The summed E-state index contributed by atoms with van der Waals surface area (Å²) < 4.78 is 0. The average Bonchev–Trinajstić information content (AvgIpc) is 2.25. The molecule has 0 radical (unpaired) electrons. The Bertz CT molecular complexity index is 75.9. The van der Waals surface area contributed by atoms with Gasteiger partial charge in [0.1, 0.15) is 13.6 Å². The summed E-state index contributed by atoms with van der Waals surface area (Å²) >= 11 is 0. The van der Waals surface area contributed by atoms with Crippen molar-refractivity contribution in [2.75, 3.05) is 26.2 Å². The van der Waals surface area contributed by atoms with Crippen molar-refractivity contribution in [1.29, 1.82) is 0 Å². The van der Waals surface area contributed by atoms with Crippen LogP contribution in [0.15, 0.2) is 0 Å². The van der Waals surface area contributed by atoms with E-state index >= 15 is 0 Å². The first-order chi connectivity index (χ1) is 6.85. The summed E-state index contributed by atoms with van der Waals surface area (Å²) in [7, 11) is 0. The Balaban J connectivity index is -0.000000266. The first-order valence-electron chi connectivity index (χ1n) is 4.85. The molecule has 4 heteroatoms. The number of nitrogens with two attached hydrogens (primary N) is 1. The maximum absolute atomic E-state index is 8.00. The Kier molecular flexibility index (Phi) is 30.8. The van der Waals surface area contributed by atoms with Crippen LogP contribution in [0.25, 0.3) is 0 Å². The Labute approximate surface area is 87.5 Å². The first kappa shape index (κ1) is 18.9. The van der Waals surface area contributed by atoms with Gasteiger partial charge in [-0.1, -0.05) is 13.8 Å². The van der Waals surface area contributed by atoms with E-state index in [1.165, 1.54) is 25.9 Å². The largest absolute Gasteiger partial charge is 0.329 e. The zero-order chi connectivity index (χ0) is 11.8. The van der Waals surface area contributed by atoms with E-state index in [4.69, 9.17) is 15.3 Å². The van der Waals surface area contributed by atoms with E-state index in [0.717, 1.165) is 13.1 Å². The van der Waals surface area contributed by atoms with Crippen molar-refractivity contribution in [3.05, 3.63) is 0 Å². The highest BCUT2D eigenvalue weighted by Gasteiger charge is 1.98. The van der Waals surface area contributed by atoms with Crippen molar-refractivity contribution < 1.29 is 9.59 Å². The maximum atomic E-state index is 8.00. The van der Waals surface area contributed by atoms with E-state index in [1.807, 2.05) is 13.6 Å². The van der Waals surface area contributed by atoms with Gasteiger partial charge in [-0.05, 0) is 25.9 Å². The molecule has 0 spiro atoms. The van der Waals surface area contributed by atoms with Crippen molar-refractivity contribution in [2.45, 2.75) is 26.7 Å². The molecule has 0 amide bonds. The van der Waals surface area contributed by atoms with E-state index in [-0.39, 0.29) is 0 Å². The lowest BCUT2D eigenvalue weighted by molar-refractivity contribution is -0.0987. The zero-order valence-corrected chi connectivity index (χ0v) is 9.50. The molecule has 14 heavy (non-hydrogen) atoms. The second-order valence-corrected chi connectivity index (χ2v) is 2.63. The van der Waals surface area contributed by atoms with Crippen LogP contribution in [0.4, 0.5) is 0 Å². The lowest BCUT2D eigenvalue weighted by Gasteiger charge is -2.19. The molecule has 0 fully saturated rings. The van der Waals surface area contributed by atoms with Crippen LogP contribution in [0, 0.1) is 0 Å². The third kappa shape index (κ3) is 17.4. The summed E-state index contributed by atoms with van der Waals surface area (Å²) in [6.07, 6.45) is 2.47. The van der Waals surface area contributed by atoms with Gasteiger partial charge in [0.05, 0.1) is 0 Å². The van der Waals surface area contributed by atoms with Gasteiger partial charge in [0.15, 0.2) is 0 Å². The van der Waals surface area contributed by atoms with Crippen LogP contribution in [-0.2, 0) is 9.59 Å². The topological polar surface area (TPSA) is 63.4 Å². The predicted octanol–water partition coefficient (Wildman–Crippen LogP) is 0.697. The minimum absolute atomic E-state index is 0.792. The lowest BCUT2D eigenvalue weighted by atomic mass is 10.3. The van der Waals surface area contributed by atoms with E-state index in [0.29, 0.717) is 0 Å². The van der Waals surface area contributed by atoms with Gasteiger partial charge in [-0.3, -0.25) is 0 Å². The van der Waals surface area contributed by atoms with Gasteiger partial charge in [-0.2, -0.15) is 0 Å². The molecular weight excluding hydrogens is 180 g/mol. The van der Waals surface area contributed by atoms with E-state index in [9.17, 15) is 0 Å². The van der Waals surface area contributed by atoms with Crippen LogP contribution >= 0.6 is 0 Å². The molecule has 0 unspecified atom stereocenters. The Morgan fingerprint density at radius 1 is 0.929 bits per heavy atom. The zero-order valence-electron chi connectivity index (χ0n) is 9.50. The molecule has 0 rings (SSSR count). The summed E-state index contributed by atoms with van der Waals surface area (Å²) in [5.41, 5.74) is 5.45. The van der Waals surface area contributed by atoms with E-state index in [2.05, 4.69) is 18.7 Å². The van der Waals surface area contributed by atoms with Crippen LogP contribution in [0.3, 0.4) is 0 Å². The van der Waals surface area contributed by atoms with Crippen molar-refractivity contribution in [3.8, 4) is 0 Å². The summed E-state index contributed by atoms with van der Waals surface area (Å²) in [4.78, 5) is 18.4. The van der Waals surface area contributed by atoms with Crippen molar-refractivity contribution in [2.24, 2.45) is 5.73 Å². The fourth-order valence-corrected chi connectivity index (χ4v) is 1.15. The SMILES string of the molecule is C=O.C=O.CCCN(CCC)CCN. The summed E-state index contributed by atoms with van der Waals surface area (Å²) in [6.45, 7) is 12.7. The first-order valence-corrected chi connectivity index (χ1v) is 4.85. The average molecular weight is 204 g/mol. The summed E-state index contributed by atoms with van der Waals surface area (Å²) in [5.74, 6) is 0. The number of rotatable bonds is 6. The van der Waals surface area contributed by atoms with Gasteiger partial charge in [0, 0.05) is 13.1 Å². The predicted molar refractivity (Wildman–Crippen MR) is 60.3 cm³/mol. The Morgan fingerprint density at radius 2 is 1.29 bits per heavy atom. The van der Waals surface area contributed by atoms with E-state index in [1.54, 1.807) is 0 Å². The number of nitrogens with zero attached hydrogens (tertiary/aromatic N) is 1. The van der Waals surface area contributed by atoms with Gasteiger partial charge in [0.2, 0.25) is 0 Å². The van der Waals surface area contributed by atoms with Crippen molar-refractivity contribution in [3.63, 3.8) is 0 Å². The van der Waals surface area contributed by atoms with Crippen LogP contribution in [-0.4, -0.2) is 44.7 Å². The summed E-state index contributed by atoms with van der Waals surface area (Å²) in [6, 6.07) is 0. The third-order valence-corrected chi connectivity index (χ3v) is 1.52. The summed E-state index contributed by atoms with van der Waals surface area (Å²) in [5, 5.41) is 0. The molecule has 0 aromatic heterocycles. The molecule has 0 aliphatic heterocycles. The minimum atomic E-state index is 0.792. The van der Waals surface area contributed by atoms with Crippen LogP contribution in [0.5, 0.6) is 0 Å². The van der Waals surface area contributed by atoms with Crippen molar-refractivity contribution in [1.82, 2.24) is 4.90 Å². The monoisotopic (exact) mass is 204 g/mol. The van der Waals surface area contributed by atoms with Gasteiger partial charge < -0.3 is 20.2 Å². The molecule has 4 nitrogen and oxygen atoms in total. The molecular formula is C10H24N2O2. The standard InChI is InChI=1S/C8H20N2.2CH2O/c1-3-6-10(7-4-2)8-5-9;2*1-2/h3-9H2,1-2H3;2*1H2. The fourth-order valence-electron chi connectivity index (χ4n) is 1.15. The maximum Gasteiger partial charge on any atom is 0.106 e. The van der Waals surface area contributed by atoms with Gasteiger partial charge in [-0.15, -0.1) is 0 Å². The molecule has 0 aliphatic rings. The molecule has 0 saturated carbocycles. The number of carbonyl (C=O) groups is 2. The molecule has 0 aromatic rings. The molecule has 0 atom stereocenters. The van der Waals surface area contributed by atoms with E-state index < -0.39 is 0 Å². The van der Waals surface area contributed by atoms with Crippen LogP contribution in [0.2, 0.25) is 0 Å². The smallest absolute Gasteiger partial charge is 0.106 e. The number of carbonyl (C=O) groups excluding carboxylic acids is 2. The number of hydrogen-bond acceptors (Lipinski definition) is 4.